The average molecular weight is 268 g/mol. The van der Waals surface area contributed by atoms with Crippen LogP contribution in [0.1, 0.15) is 26.3 Å². The number of rotatable bonds is 3. The number of hydrogen-bond acceptors (Lipinski definition) is 1. The third kappa shape index (κ3) is 3.48. The maximum atomic E-state index is 13.8. The zero-order valence-corrected chi connectivity index (χ0v) is 11.4. The zero-order chi connectivity index (χ0) is 13.8. The van der Waals surface area contributed by atoms with E-state index in [2.05, 4.69) is 17.2 Å². The minimum absolute atomic E-state index is 0.265. The average Bonchev–Trinajstić information content (AvgIpc) is 2.26. The van der Waals surface area contributed by atoms with Crippen LogP contribution in [0.3, 0.4) is 0 Å². The maximum absolute atomic E-state index is 13.8. The third-order valence-corrected chi connectivity index (χ3v) is 2.88. The molecule has 0 aromatic heterocycles. The lowest BCUT2D eigenvalue weighted by molar-refractivity contribution is -0.115. The van der Waals surface area contributed by atoms with Gasteiger partial charge in [0.25, 0.3) is 5.91 Å². The van der Waals surface area contributed by atoms with Crippen molar-refractivity contribution in [3.8, 4) is 11.8 Å². The van der Waals surface area contributed by atoms with Gasteiger partial charge in [-0.1, -0.05) is 37.4 Å². The summed E-state index contributed by atoms with van der Waals surface area (Å²) >= 11 is 6.01. The molecule has 1 N–H and O–H groups in total. The van der Waals surface area contributed by atoms with E-state index in [9.17, 15) is 9.18 Å². The fourth-order valence-corrected chi connectivity index (χ4v) is 2.11. The molecule has 0 saturated heterocycles. The molecule has 0 aliphatic carbocycles. The fraction of sp³-hybridized carbons (Fsp3) is 0.357. The summed E-state index contributed by atoms with van der Waals surface area (Å²) < 4.78 is 13.8. The van der Waals surface area contributed by atoms with E-state index < -0.39 is 5.41 Å². The van der Waals surface area contributed by atoms with Crippen LogP contribution in [0.4, 0.5) is 4.39 Å². The normalized spacial score (nSPS) is 10.5. The molecule has 1 amide bonds. The van der Waals surface area contributed by atoms with Gasteiger partial charge in [-0.25, -0.2) is 4.39 Å². The van der Waals surface area contributed by atoms with E-state index in [1.165, 1.54) is 6.07 Å². The van der Waals surface area contributed by atoms with Gasteiger partial charge in [0.05, 0.1) is 0 Å². The molecule has 0 aliphatic heterocycles. The summed E-state index contributed by atoms with van der Waals surface area (Å²) in [5, 5.41) is 3.00. The topological polar surface area (TPSA) is 29.1 Å². The van der Waals surface area contributed by atoms with Crippen molar-refractivity contribution >= 4 is 17.5 Å². The van der Waals surface area contributed by atoms with Crippen molar-refractivity contribution in [2.45, 2.75) is 26.2 Å². The summed E-state index contributed by atoms with van der Waals surface area (Å²) in [7, 11) is 0. The van der Waals surface area contributed by atoms with Crippen LogP contribution < -0.4 is 5.32 Å². The summed E-state index contributed by atoms with van der Waals surface area (Å²) in [6, 6.07) is 4.55. The second kappa shape index (κ2) is 5.88. The van der Waals surface area contributed by atoms with Crippen molar-refractivity contribution in [2.24, 2.45) is 0 Å². The summed E-state index contributed by atoms with van der Waals surface area (Å²) in [5.74, 6) is 4.13. The van der Waals surface area contributed by atoms with Crippen LogP contribution in [0.2, 0.25) is 5.02 Å². The van der Waals surface area contributed by atoms with Crippen LogP contribution in [-0.2, 0) is 10.2 Å². The molecule has 1 rings (SSSR count). The van der Waals surface area contributed by atoms with E-state index >= 15 is 0 Å². The smallest absolute Gasteiger partial charge is 0.295 e. The Morgan fingerprint density at radius 3 is 2.72 bits per heavy atom. The molecule has 0 fully saturated rings. The molecule has 0 saturated carbocycles. The third-order valence-electron chi connectivity index (χ3n) is 2.57. The molecule has 0 aliphatic rings. The van der Waals surface area contributed by atoms with Crippen molar-refractivity contribution in [2.75, 3.05) is 6.54 Å². The van der Waals surface area contributed by atoms with Gasteiger partial charge in [0.1, 0.15) is 5.82 Å². The first kappa shape index (κ1) is 14.5. The molecule has 0 atom stereocenters. The minimum Gasteiger partial charge on any atom is -0.344 e. The van der Waals surface area contributed by atoms with E-state index in [0.29, 0.717) is 10.6 Å². The highest BCUT2D eigenvalue weighted by atomic mass is 35.5. The fourth-order valence-electron chi connectivity index (χ4n) is 1.69. The van der Waals surface area contributed by atoms with Crippen molar-refractivity contribution < 1.29 is 9.18 Å². The Bertz CT molecular complexity index is 494. The Hall–Kier alpha value is -1.53. The van der Waals surface area contributed by atoms with Crippen LogP contribution in [-0.4, -0.2) is 12.5 Å². The van der Waals surface area contributed by atoms with Gasteiger partial charge in [-0.15, -0.1) is 0 Å². The molecule has 0 bridgehead atoms. The van der Waals surface area contributed by atoms with Gasteiger partial charge in [0, 0.05) is 22.5 Å². The number of benzene rings is 1. The van der Waals surface area contributed by atoms with Crippen LogP contribution in [0.5, 0.6) is 0 Å². The molecule has 4 heteroatoms. The summed E-state index contributed by atoms with van der Waals surface area (Å²) in [6.07, 6.45) is 0. The number of carbonyl (C=O) groups excluding carboxylic acids is 1. The molecule has 1 aromatic rings. The summed E-state index contributed by atoms with van der Waals surface area (Å²) in [5.41, 5.74) is -0.204. The molecule has 0 radical (unpaired) electrons. The van der Waals surface area contributed by atoms with Gasteiger partial charge < -0.3 is 5.32 Å². The molecule has 0 spiro atoms. The lowest BCUT2D eigenvalue weighted by Gasteiger charge is -2.26. The number of nitrogens with one attached hydrogen (secondary N) is 1. The lowest BCUT2D eigenvalue weighted by atomic mass is 9.84. The number of halogens is 2. The van der Waals surface area contributed by atoms with Crippen LogP contribution in [0.25, 0.3) is 0 Å². The first-order chi connectivity index (χ1) is 8.38. The second-order valence-corrected chi connectivity index (χ2v) is 4.95. The Balaban J connectivity index is 2.91. The van der Waals surface area contributed by atoms with Crippen molar-refractivity contribution in [1.29, 1.82) is 0 Å². The highest BCUT2D eigenvalue weighted by Crippen LogP contribution is 2.31. The first-order valence-corrected chi connectivity index (χ1v) is 5.91. The number of hydrogen-bond donors (Lipinski definition) is 1. The Morgan fingerprint density at radius 1 is 1.50 bits per heavy atom. The lowest BCUT2D eigenvalue weighted by Crippen LogP contribution is -2.36. The van der Waals surface area contributed by atoms with Crippen molar-refractivity contribution in [3.05, 3.63) is 34.6 Å². The van der Waals surface area contributed by atoms with E-state index in [1.54, 1.807) is 19.1 Å². The van der Waals surface area contributed by atoms with Gasteiger partial charge in [-0.2, -0.15) is 0 Å². The monoisotopic (exact) mass is 267 g/mol. The molecule has 1 aromatic carbocycles. The second-order valence-electron chi connectivity index (χ2n) is 4.54. The Kier molecular flexibility index (Phi) is 4.75. The first-order valence-electron chi connectivity index (χ1n) is 5.53. The molecule has 2 nitrogen and oxygen atoms in total. The minimum atomic E-state index is -0.604. The predicted molar refractivity (Wildman–Crippen MR) is 70.9 cm³/mol. The van der Waals surface area contributed by atoms with E-state index in [0.717, 1.165) is 0 Å². The molecular formula is C14H15ClFNO. The quantitative estimate of drug-likeness (QED) is 0.839. The van der Waals surface area contributed by atoms with Crippen LogP contribution in [0, 0.1) is 17.7 Å². The van der Waals surface area contributed by atoms with Crippen LogP contribution in [0.15, 0.2) is 18.2 Å². The van der Waals surface area contributed by atoms with Crippen molar-refractivity contribution in [1.82, 2.24) is 5.32 Å². The largest absolute Gasteiger partial charge is 0.344 e. The summed E-state index contributed by atoms with van der Waals surface area (Å²) in [4.78, 5) is 11.3. The SMILES string of the molecule is CC#CC(=O)NCC(C)(C)c1c(F)cccc1Cl. The number of carbonyl (C=O) groups is 1. The van der Waals surface area contributed by atoms with Gasteiger partial charge in [-0.3, -0.25) is 4.79 Å². The Morgan fingerprint density at radius 2 is 2.17 bits per heavy atom. The molecule has 96 valence electrons. The summed E-state index contributed by atoms with van der Waals surface area (Å²) in [6.45, 7) is 5.48. The van der Waals surface area contributed by atoms with Gasteiger partial charge in [0.15, 0.2) is 0 Å². The van der Waals surface area contributed by atoms with Gasteiger partial charge in [-0.05, 0) is 25.0 Å². The molecule has 18 heavy (non-hydrogen) atoms. The van der Waals surface area contributed by atoms with Crippen molar-refractivity contribution in [3.63, 3.8) is 0 Å². The molecule has 0 unspecified atom stereocenters. The van der Waals surface area contributed by atoms with E-state index in [-0.39, 0.29) is 18.3 Å². The molecule has 0 heterocycles. The van der Waals surface area contributed by atoms with E-state index in [4.69, 9.17) is 11.6 Å². The van der Waals surface area contributed by atoms with E-state index in [1.807, 2.05) is 13.8 Å². The predicted octanol–water partition coefficient (Wildman–Crippen LogP) is 2.90. The van der Waals surface area contributed by atoms with Crippen LogP contribution >= 0.6 is 11.6 Å². The van der Waals surface area contributed by atoms with Gasteiger partial charge >= 0.3 is 0 Å². The standard InChI is InChI=1S/C14H15ClFNO/c1-4-6-12(18)17-9-14(2,3)13-10(15)7-5-8-11(13)16/h5,7-8H,9H2,1-3H3,(H,17,18). The Labute approximate surface area is 112 Å². The highest BCUT2D eigenvalue weighted by Gasteiger charge is 2.27. The maximum Gasteiger partial charge on any atom is 0.295 e. The molecular weight excluding hydrogens is 253 g/mol. The van der Waals surface area contributed by atoms with Gasteiger partial charge in [0.2, 0.25) is 0 Å². The zero-order valence-electron chi connectivity index (χ0n) is 10.6. The number of amides is 1. The highest BCUT2D eigenvalue weighted by molar-refractivity contribution is 6.31.